The molecule has 0 aliphatic heterocycles. The van der Waals surface area contributed by atoms with Gasteiger partial charge in [0.15, 0.2) is 0 Å². The maximum Gasteiger partial charge on any atom is 0.373 e. The van der Waals surface area contributed by atoms with Crippen LogP contribution in [0.15, 0.2) is 48.5 Å². The third-order valence-corrected chi connectivity index (χ3v) is 3.06. The number of alkyl halides is 1. The van der Waals surface area contributed by atoms with E-state index in [1.54, 1.807) is 6.92 Å². The Bertz CT molecular complexity index is 689. The SMILES string of the molecule is CCOC(=O)/C(O)=C/c1cc(C(F)Cc2ccccc2)ncn1. The van der Waals surface area contributed by atoms with Crippen molar-refractivity contribution >= 4 is 12.0 Å². The number of nitrogens with zero attached hydrogens (tertiary/aromatic N) is 2. The van der Waals surface area contributed by atoms with Crippen LogP contribution >= 0.6 is 0 Å². The topological polar surface area (TPSA) is 72.3 Å². The first-order chi connectivity index (χ1) is 11.1. The number of hydrogen-bond acceptors (Lipinski definition) is 5. The zero-order valence-electron chi connectivity index (χ0n) is 12.6. The quantitative estimate of drug-likeness (QED) is 0.503. The van der Waals surface area contributed by atoms with Gasteiger partial charge in [0.2, 0.25) is 5.76 Å². The number of halogens is 1. The maximum atomic E-state index is 14.4. The number of carbonyl (C=O) groups excluding carboxylic acids is 1. The normalized spacial score (nSPS) is 12.7. The summed E-state index contributed by atoms with van der Waals surface area (Å²) < 4.78 is 19.0. The largest absolute Gasteiger partial charge is 0.502 e. The molecule has 1 aromatic heterocycles. The van der Waals surface area contributed by atoms with Gasteiger partial charge in [0.25, 0.3) is 0 Å². The van der Waals surface area contributed by atoms with Gasteiger partial charge in [-0.25, -0.2) is 19.2 Å². The molecule has 0 amide bonds. The minimum absolute atomic E-state index is 0.148. The van der Waals surface area contributed by atoms with Crippen molar-refractivity contribution in [2.24, 2.45) is 0 Å². The van der Waals surface area contributed by atoms with Gasteiger partial charge in [0, 0.05) is 12.5 Å². The Morgan fingerprint density at radius 2 is 2.09 bits per heavy atom. The molecule has 0 spiro atoms. The van der Waals surface area contributed by atoms with E-state index in [0.717, 1.165) is 11.6 Å². The van der Waals surface area contributed by atoms with E-state index in [1.807, 2.05) is 30.3 Å². The number of rotatable bonds is 6. The van der Waals surface area contributed by atoms with Gasteiger partial charge in [-0.05, 0) is 18.6 Å². The highest BCUT2D eigenvalue weighted by Crippen LogP contribution is 2.21. The van der Waals surface area contributed by atoms with Crippen molar-refractivity contribution in [2.45, 2.75) is 19.5 Å². The second-order valence-electron chi connectivity index (χ2n) is 4.78. The lowest BCUT2D eigenvalue weighted by atomic mass is 10.1. The number of hydrogen-bond donors (Lipinski definition) is 1. The number of esters is 1. The zero-order valence-corrected chi connectivity index (χ0v) is 12.6. The van der Waals surface area contributed by atoms with Crippen molar-refractivity contribution in [1.82, 2.24) is 9.97 Å². The standard InChI is InChI=1S/C17H17FN2O3/c1-2-23-17(22)16(21)10-13-9-15(20-11-19-13)14(18)8-12-6-4-3-5-7-12/h3-7,9-11,14,21H,2,8H2,1H3/b16-10-. The van der Waals surface area contributed by atoms with Crippen molar-refractivity contribution in [3.05, 3.63) is 65.4 Å². The molecule has 1 unspecified atom stereocenters. The molecule has 0 aliphatic carbocycles. The summed E-state index contributed by atoms with van der Waals surface area (Å²) in [6.07, 6.45) is 1.19. The number of ether oxygens (including phenoxy) is 1. The van der Waals surface area contributed by atoms with E-state index in [2.05, 4.69) is 14.7 Å². The molecule has 5 nitrogen and oxygen atoms in total. The van der Waals surface area contributed by atoms with Crippen LogP contribution in [0.1, 0.15) is 30.0 Å². The van der Waals surface area contributed by atoms with Crippen molar-refractivity contribution in [2.75, 3.05) is 6.61 Å². The van der Waals surface area contributed by atoms with Crippen LogP contribution < -0.4 is 0 Å². The Morgan fingerprint density at radius 3 is 2.78 bits per heavy atom. The van der Waals surface area contributed by atoms with Gasteiger partial charge >= 0.3 is 5.97 Å². The second-order valence-corrected chi connectivity index (χ2v) is 4.78. The van der Waals surface area contributed by atoms with Crippen LogP contribution in [0.2, 0.25) is 0 Å². The molecule has 6 heteroatoms. The summed E-state index contributed by atoms with van der Waals surface area (Å²) in [6.45, 7) is 1.78. The minimum Gasteiger partial charge on any atom is -0.502 e. The molecule has 0 radical (unpaired) electrons. The van der Waals surface area contributed by atoms with E-state index in [4.69, 9.17) is 0 Å². The number of aliphatic hydroxyl groups excluding tert-OH is 1. The van der Waals surface area contributed by atoms with Crippen LogP contribution in [0.25, 0.3) is 6.08 Å². The molecular weight excluding hydrogens is 299 g/mol. The fourth-order valence-corrected chi connectivity index (χ4v) is 1.97. The average Bonchev–Trinajstić information content (AvgIpc) is 2.56. The molecule has 0 saturated carbocycles. The van der Waals surface area contributed by atoms with Gasteiger partial charge in [0.05, 0.1) is 18.0 Å². The fourth-order valence-electron chi connectivity index (χ4n) is 1.97. The third-order valence-electron chi connectivity index (χ3n) is 3.06. The number of aliphatic hydroxyl groups is 1. The van der Waals surface area contributed by atoms with Crippen molar-refractivity contribution in [1.29, 1.82) is 0 Å². The summed E-state index contributed by atoms with van der Waals surface area (Å²) in [5.41, 5.74) is 1.27. The molecule has 0 fully saturated rings. The molecular formula is C17H17FN2O3. The Morgan fingerprint density at radius 1 is 1.35 bits per heavy atom. The lowest BCUT2D eigenvalue weighted by molar-refractivity contribution is -0.141. The summed E-state index contributed by atoms with van der Waals surface area (Å²) in [7, 11) is 0. The van der Waals surface area contributed by atoms with E-state index >= 15 is 0 Å². The first kappa shape index (κ1) is 16.6. The molecule has 2 rings (SSSR count). The maximum absolute atomic E-state index is 14.4. The summed E-state index contributed by atoms with van der Waals surface area (Å²) in [6, 6.07) is 10.6. The number of aromatic nitrogens is 2. The van der Waals surface area contributed by atoms with Crippen LogP contribution in [0.5, 0.6) is 0 Å². The molecule has 2 aromatic rings. The van der Waals surface area contributed by atoms with Gasteiger partial charge in [-0.2, -0.15) is 0 Å². The van der Waals surface area contributed by atoms with Gasteiger partial charge < -0.3 is 9.84 Å². The van der Waals surface area contributed by atoms with E-state index in [1.165, 1.54) is 12.4 Å². The van der Waals surface area contributed by atoms with Crippen molar-refractivity contribution in [3.63, 3.8) is 0 Å². The summed E-state index contributed by atoms with van der Waals surface area (Å²) in [5.74, 6) is -1.44. The molecule has 0 aliphatic rings. The lowest BCUT2D eigenvalue weighted by Crippen LogP contribution is -2.07. The highest BCUT2D eigenvalue weighted by molar-refractivity contribution is 5.90. The zero-order chi connectivity index (χ0) is 16.7. The molecule has 1 aromatic carbocycles. The Balaban J connectivity index is 2.13. The Hall–Kier alpha value is -2.76. The summed E-state index contributed by atoms with van der Waals surface area (Å²) >= 11 is 0. The number of carbonyl (C=O) groups is 1. The van der Waals surface area contributed by atoms with Gasteiger partial charge in [0.1, 0.15) is 12.5 Å². The van der Waals surface area contributed by atoms with Gasteiger partial charge in [-0.15, -0.1) is 0 Å². The lowest BCUT2D eigenvalue weighted by Gasteiger charge is -2.08. The number of benzene rings is 1. The van der Waals surface area contributed by atoms with E-state index in [-0.39, 0.29) is 24.4 Å². The van der Waals surface area contributed by atoms with Crippen molar-refractivity contribution < 1.29 is 19.0 Å². The molecule has 0 bridgehead atoms. The first-order valence-electron chi connectivity index (χ1n) is 7.18. The van der Waals surface area contributed by atoms with Crippen molar-refractivity contribution in [3.8, 4) is 0 Å². The van der Waals surface area contributed by atoms with Crippen LogP contribution in [0.3, 0.4) is 0 Å². The fraction of sp³-hybridized carbons (Fsp3) is 0.235. The predicted molar refractivity (Wildman–Crippen MR) is 83.3 cm³/mol. The monoisotopic (exact) mass is 316 g/mol. The van der Waals surface area contributed by atoms with Gasteiger partial charge in [-0.1, -0.05) is 30.3 Å². The molecule has 1 atom stereocenters. The van der Waals surface area contributed by atoms with E-state index < -0.39 is 17.9 Å². The van der Waals surface area contributed by atoms with Crippen LogP contribution in [-0.4, -0.2) is 27.7 Å². The predicted octanol–water partition coefficient (Wildman–Crippen LogP) is 3.19. The van der Waals surface area contributed by atoms with Gasteiger partial charge in [-0.3, -0.25) is 0 Å². The van der Waals surface area contributed by atoms with Crippen LogP contribution in [0, 0.1) is 0 Å². The van der Waals surface area contributed by atoms with E-state index in [9.17, 15) is 14.3 Å². The van der Waals surface area contributed by atoms with E-state index in [0.29, 0.717) is 0 Å². The first-order valence-corrected chi connectivity index (χ1v) is 7.18. The third kappa shape index (κ3) is 4.88. The molecule has 23 heavy (non-hydrogen) atoms. The molecule has 1 N–H and O–H groups in total. The summed E-state index contributed by atoms with van der Waals surface area (Å²) in [5, 5.41) is 9.60. The Kier molecular flexibility index (Phi) is 5.80. The van der Waals surface area contributed by atoms with Crippen LogP contribution in [0.4, 0.5) is 4.39 Å². The molecule has 120 valence electrons. The molecule has 0 saturated heterocycles. The average molecular weight is 316 g/mol. The molecule has 1 heterocycles. The second kappa shape index (κ2) is 8.03. The summed E-state index contributed by atoms with van der Waals surface area (Å²) in [4.78, 5) is 19.1. The highest BCUT2D eigenvalue weighted by atomic mass is 19.1. The Labute approximate surface area is 133 Å². The van der Waals surface area contributed by atoms with Crippen LogP contribution in [-0.2, 0) is 16.0 Å². The highest BCUT2D eigenvalue weighted by Gasteiger charge is 2.14. The smallest absolute Gasteiger partial charge is 0.373 e. The minimum atomic E-state index is -1.31.